The summed E-state index contributed by atoms with van der Waals surface area (Å²) in [7, 11) is 1.82. The maximum Gasteiger partial charge on any atom is 0.133 e. The van der Waals surface area contributed by atoms with Crippen molar-refractivity contribution in [2.24, 2.45) is 0 Å². The van der Waals surface area contributed by atoms with Gasteiger partial charge in [-0.25, -0.2) is 9.97 Å². The van der Waals surface area contributed by atoms with Crippen molar-refractivity contribution in [3.63, 3.8) is 0 Å². The van der Waals surface area contributed by atoms with Crippen LogP contribution in [0.4, 0.5) is 17.3 Å². The van der Waals surface area contributed by atoms with Crippen molar-refractivity contribution in [3.8, 4) is 11.3 Å². The lowest BCUT2D eigenvalue weighted by molar-refractivity contribution is 1.25. The Balaban J connectivity index is 2.26. The van der Waals surface area contributed by atoms with Gasteiger partial charge >= 0.3 is 0 Å². The molecule has 0 aliphatic heterocycles. The van der Waals surface area contributed by atoms with Crippen molar-refractivity contribution in [2.75, 3.05) is 23.8 Å². The average Bonchev–Trinajstić information content (AvgIpc) is 2.49. The predicted molar refractivity (Wildman–Crippen MR) is 85.9 cm³/mol. The first-order valence-electron chi connectivity index (χ1n) is 6.54. The fraction of sp³-hybridized carbons (Fsp3) is 0.133. The zero-order valence-corrected chi connectivity index (χ0v) is 11.9. The summed E-state index contributed by atoms with van der Waals surface area (Å²) in [4.78, 5) is 12.8. The number of pyridine rings is 3. The Morgan fingerprint density at radius 2 is 1.90 bits per heavy atom. The van der Waals surface area contributed by atoms with E-state index in [1.54, 1.807) is 18.6 Å². The van der Waals surface area contributed by atoms with E-state index in [1.165, 1.54) is 0 Å². The maximum atomic E-state index is 6.05. The van der Waals surface area contributed by atoms with Crippen molar-refractivity contribution in [2.45, 2.75) is 6.92 Å². The standard InChI is InChI=1S/C15H16N6/c1-8-10(5-19-7-12(8)16)13-3-9-4-14(18-2)20-6-11(9)15(17)21-13/h3-7H,16H2,1-2H3,(H2,17,21)(H,18,20). The molecule has 3 rings (SSSR count). The fourth-order valence-electron chi connectivity index (χ4n) is 2.25. The summed E-state index contributed by atoms with van der Waals surface area (Å²) < 4.78 is 0. The van der Waals surface area contributed by atoms with Crippen LogP contribution in [0, 0.1) is 6.92 Å². The van der Waals surface area contributed by atoms with Gasteiger partial charge in [0, 0.05) is 30.4 Å². The molecule has 0 bridgehead atoms. The van der Waals surface area contributed by atoms with Gasteiger partial charge in [-0.2, -0.15) is 0 Å². The zero-order valence-electron chi connectivity index (χ0n) is 11.9. The minimum atomic E-state index is 0.444. The molecule has 21 heavy (non-hydrogen) atoms. The van der Waals surface area contributed by atoms with Crippen LogP contribution in [0.25, 0.3) is 22.0 Å². The van der Waals surface area contributed by atoms with Crippen LogP contribution in [0.3, 0.4) is 0 Å². The van der Waals surface area contributed by atoms with E-state index in [1.807, 2.05) is 26.1 Å². The van der Waals surface area contributed by atoms with Gasteiger partial charge in [0.25, 0.3) is 0 Å². The number of nitrogens with two attached hydrogens (primary N) is 2. The number of fused-ring (bicyclic) bond motifs is 1. The van der Waals surface area contributed by atoms with E-state index in [9.17, 15) is 0 Å². The van der Waals surface area contributed by atoms with E-state index in [4.69, 9.17) is 11.5 Å². The first-order chi connectivity index (χ1) is 10.1. The first kappa shape index (κ1) is 13.1. The van der Waals surface area contributed by atoms with E-state index in [-0.39, 0.29) is 0 Å². The second-order valence-electron chi connectivity index (χ2n) is 4.83. The zero-order chi connectivity index (χ0) is 15.0. The van der Waals surface area contributed by atoms with Crippen LogP contribution < -0.4 is 16.8 Å². The van der Waals surface area contributed by atoms with Gasteiger partial charge in [0.15, 0.2) is 0 Å². The van der Waals surface area contributed by atoms with E-state index >= 15 is 0 Å². The predicted octanol–water partition coefficient (Wildman–Crippen LogP) is 2.21. The molecule has 0 spiro atoms. The van der Waals surface area contributed by atoms with Gasteiger partial charge in [-0.3, -0.25) is 4.98 Å². The highest BCUT2D eigenvalue weighted by Crippen LogP contribution is 2.30. The third-order valence-corrected chi connectivity index (χ3v) is 3.53. The van der Waals surface area contributed by atoms with E-state index in [0.29, 0.717) is 11.5 Å². The van der Waals surface area contributed by atoms with Gasteiger partial charge in [0.2, 0.25) is 0 Å². The first-order valence-corrected chi connectivity index (χ1v) is 6.54. The molecule has 0 radical (unpaired) electrons. The van der Waals surface area contributed by atoms with E-state index in [2.05, 4.69) is 20.3 Å². The van der Waals surface area contributed by atoms with Gasteiger partial charge in [-0.05, 0) is 30.0 Å². The molecule has 0 saturated carbocycles. The number of anilines is 3. The lowest BCUT2D eigenvalue weighted by atomic mass is 10.0. The largest absolute Gasteiger partial charge is 0.397 e. The van der Waals surface area contributed by atoms with Crippen LogP contribution in [0.5, 0.6) is 0 Å². The molecule has 3 aromatic heterocycles. The molecule has 0 aliphatic rings. The van der Waals surface area contributed by atoms with Crippen molar-refractivity contribution in [3.05, 3.63) is 36.3 Å². The fourth-order valence-corrected chi connectivity index (χ4v) is 2.25. The molecule has 0 amide bonds. The van der Waals surface area contributed by atoms with Crippen molar-refractivity contribution < 1.29 is 0 Å². The highest BCUT2D eigenvalue weighted by atomic mass is 15.0. The third-order valence-electron chi connectivity index (χ3n) is 3.53. The Morgan fingerprint density at radius 1 is 1.10 bits per heavy atom. The molecule has 6 heteroatoms. The molecule has 106 valence electrons. The van der Waals surface area contributed by atoms with E-state index < -0.39 is 0 Å². The number of nitrogens with zero attached hydrogens (tertiary/aromatic N) is 3. The molecule has 6 nitrogen and oxygen atoms in total. The Kier molecular flexibility index (Phi) is 3.06. The minimum Gasteiger partial charge on any atom is -0.397 e. The van der Waals surface area contributed by atoms with Crippen LogP contribution >= 0.6 is 0 Å². The average molecular weight is 280 g/mol. The smallest absolute Gasteiger partial charge is 0.133 e. The second kappa shape index (κ2) is 4.90. The van der Waals surface area contributed by atoms with Crippen LogP contribution in [0.2, 0.25) is 0 Å². The van der Waals surface area contributed by atoms with Crippen LogP contribution in [0.15, 0.2) is 30.7 Å². The van der Waals surface area contributed by atoms with Gasteiger partial charge in [0.05, 0.1) is 17.6 Å². The summed E-state index contributed by atoms with van der Waals surface area (Å²) in [5.74, 6) is 1.22. The Hall–Kier alpha value is -2.89. The van der Waals surface area contributed by atoms with Crippen molar-refractivity contribution in [1.29, 1.82) is 0 Å². The number of nitrogen functional groups attached to an aromatic ring is 2. The number of hydrogen-bond acceptors (Lipinski definition) is 6. The van der Waals surface area contributed by atoms with Crippen LogP contribution in [0.1, 0.15) is 5.56 Å². The van der Waals surface area contributed by atoms with Crippen LogP contribution in [-0.4, -0.2) is 22.0 Å². The highest BCUT2D eigenvalue weighted by Gasteiger charge is 2.10. The van der Waals surface area contributed by atoms with Gasteiger partial charge in [0.1, 0.15) is 11.6 Å². The quantitative estimate of drug-likeness (QED) is 0.665. The van der Waals surface area contributed by atoms with Crippen molar-refractivity contribution in [1.82, 2.24) is 15.0 Å². The van der Waals surface area contributed by atoms with Gasteiger partial charge in [-0.15, -0.1) is 0 Å². The van der Waals surface area contributed by atoms with Crippen molar-refractivity contribution >= 4 is 28.1 Å². The third kappa shape index (κ3) is 2.20. The normalized spacial score (nSPS) is 10.8. The lowest BCUT2D eigenvalue weighted by Gasteiger charge is -2.10. The molecule has 0 aliphatic carbocycles. The SMILES string of the molecule is CNc1cc2cc(-c3cncc(N)c3C)nc(N)c2cn1. The molecule has 3 aromatic rings. The number of nitrogens with one attached hydrogen (secondary N) is 1. The van der Waals surface area contributed by atoms with Gasteiger partial charge < -0.3 is 16.8 Å². The number of rotatable bonds is 2. The molecule has 5 N–H and O–H groups in total. The minimum absolute atomic E-state index is 0.444. The lowest BCUT2D eigenvalue weighted by Crippen LogP contribution is -1.99. The molecule has 3 heterocycles. The van der Waals surface area contributed by atoms with Crippen LogP contribution in [-0.2, 0) is 0 Å². The molecule has 0 saturated heterocycles. The molecule has 0 aromatic carbocycles. The van der Waals surface area contributed by atoms with E-state index in [0.717, 1.165) is 33.4 Å². The molecular formula is C15H16N6. The number of hydrogen-bond donors (Lipinski definition) is 3. The Bertz CT molecular complexity index is 828. The second-order valence-corrected chi connectivity index (χ2v) is 4.83. The summed E-state index contributed by atoms with van der Waals surface area (Å²) in [5, 5.41) is 4.81. The Morgan fingerprint density at radius 3 is 2.67 bits per heavy atom. The molecule has 0 fully saturated rings. The molecular weight excluding hydrogens is 264 g/mol. The highest BCUT2D eigenvalue weighted by molar-refractivity contribution is 5.94. The summed E-state index contributed by atoms with van der Waals surface area (Å²) in [6, 6.07) is 3.91. The number of aromatic nitrogens is 3. The monoisotopic (exact) mass is 280 g/mol. The maximum absolute atomic E-state index is 6.05. The Labute approximate surface area is 122 Å². The van der Waals surface area contributed by atoms with Gasteiger partial charge in [-0.1, -0.05) is 0 Å². The summed E-state index contributed by atoms with van der Waals surface area (Å²) in [6.45, 7) is 1.94. The summed E-state index contributed by atoms with van der Waals surface area (Å²) in [6.07, 6.45) is 5.10. The molecule has 0 atom stereocenters. The summed E-state index contributed by atoms with van der Waals surface area (Å²) in [5.41, 5.74) is 15.2. The molecule has 0 unspecified atom stereocenters. The summed E-state index contributed by atoms with van der Waals surface area (Å²) >= 11 is 0. The topological polar surface area (TPSA) is 103 Å².